The van der Waals surface area contributed by atoms with Crippen molar-refractivity contribution in [2.45, 2.75) is 42.8 Å². The highest BCUT2D eigenvalue weighted by molar-refractivity contribution is 7.92. The predicted molar refractivity (Wildman–Crippen MR) is 102 cm³/mol. The van der Waals surface area contributed by atoms with Crippen molar-refractivity contribution in [3.05, 3.63) is 60.2 Å². The molecule has 27 heavy (non-hydrogen) atoms. The molecule has 142 valence electrons. The second-order valence-corrected chi connectivity index (χ2v) is 8.68. The predicted octanol–water partition coefficient (Wildman–Crippen LogP) is 3.56. The van der Waals surface area contributed by atoms with Crippen LogP contribution in [0.15, 0.2) is 59.5 Å². The Morgan fingerprint density at radius 1 is 1.11 bits per heavy atom. The van der Waals surface area contributed by atoms with Gasteiger partial charge < -0.3 is 4.74 Å². The second kappa shape index (κ2) is 6.56. The van der Waals surface area contributed by atoms with Crippen LogP contribution in [0.1, 0.15) is 31.2 Å². The van der Waals surface area contributed by atoms with Crippen molar-refractivity contribution < 1.29 is 17.9 Å². The van der Waals surface area contributed by atoms with Crippen molar-refractivity contribution >= 4 is 21.8 Å². The van der Waals surface area contributed by atoms with Gasteiger partial charge in [0.25, 0.3) is 10.0 Å². The summed E-state index contributed by atoms with van der Waals surface area (Å²) in [5.41, 5.74) is 1.60. The van der Waals surface area contributed by atoms with Gasteiger partial charge in [-0.15, -0.1) is 0 Å². The normalized spacial score (nSPS) is 23.9. The number of hydrogen-bond donors (Lipinski definition) is 0. The van der Waals surface area contributed by atoms with E-state index in [-0.39, 0.29) is 16.9 Å². The average molecular weight is 386 g/mol. The van der Waals surface area contributed by atoms with E-state index in [9.17, 15) is 13.2 Å². The van der Waals surface area contributed by atoms with Gasteiger partial charge in [-0.25, -0.2) is 17.5 Å². The summed E-state index contributed by atoms with van der Waals surface area (Å²) in [5.74, 6) is -0.0660. The first-order valence-corrected chi connectivity index (χ1v) is 10.5. The smallest absolute Gasteiger partial charge is 0.411 e. The third-order valence-electron chi connectivity index (χ3n) is 5.53. The van der Waals surface area contributed by atoms with Gasteiger partial charge in [0.2, 0.25) is 0 Å². The zero-order chi connectivity index (χ0) is 19.2. The van der Waals surface area contributed by atoms with Gasteiger partial charge in [-0.2, -0.15) is 0 Å². The molecule has 0 N–H and O–H groups in total. The molecule has 4 rings (SSSR count). The fourth-order valence-electron chi connectivity index (χ4n) is 4.35. The fourth-order valence-corrected chi connectivity index (χ4v) is 6.04. The Kier molecular flexibility index (Phi) is 4.34. The van der Waals surface area contributed by atoms with E-state index in [1.807, 2.05) is 31.2 Å². The molecule has 2 aromatic carbocycles. The number of hydrogen-bond acceptors (Lipinski definition) is 4. The largest absolute Gasteiger partial charge is 0.453 e. The molecular formula is C20H22N2O4S. The number of nitrogens with zero attached hydrogens (tertiary/aromatic N) is 2. The maximum absolute atomic E-state index is 13.5. The van der Waals surface area contributed by atoms with Gasteiger partial charge in [-0.05, 0) is 36.6 Å². The SMILES string of the molecule is CC[C@H]1C[C@@H]2c3ccccc3N(S(=O)(=O)c3ccccc3)[C@@H]2N1C(=O)OC. The third-order valence-corrected chi connectivity index (χ3v) is 7.33. The molecule has 0 radical (unpaired) electrons. The summed E-state index contributed by atoms with van der Waals surface area (Å²) >= 11 is 0. The van der Waals surface area contributed by atoms with Crippen LogP contribution >= 0.6 is 0 Å². The summed E-state index contributed by atoms with van der Waals surface area (Å²) in [4.78, 5) is 14.4. The summed E-state index contributed by atoms with van der Waals surface area (Å²) in [6.07, 6.45) is 0.359. The Morgan fingerprint density at radius 2 is 1.78 bits per heavy atom. The highest BCUT2D eigenvalue weighted by atomic mass is 32.2. The second-order valence-electron chi connectivity index (χ2n) is 6.87. The first kappa shape index (κ1) is 17.9. The summed E-state index contributed by atoms with van der Waals surface area (Å²) < 4.78 is 33.5. The molecule has 1 fully saturated rings. The molecule has 0 spiro atoms. The van der Waals surface area contributed by atoms with Crippen molar-refractivity contribution in [1.82, 2.24) is 4.90 Å². The molecule has 1 saturated heterocycles. The van der Waals surface area contributed by atoms with Gasteiger partial charge in [-0.3, -0.25) is 4.90 Å². The highest BCUT2D eigenvalue weighted by Crippen LogP contribution is 2.52. The van der Waals surface area contributed by atoms with Crippen LogP contribution in [0.25, 0.3) is 0 Å². The number of sulfonamides is 1. The molecular weight excluding hydrogens is 364 g/mol. The molecule has 0 aliphatic carbocycles. The molecule has 2 aromatic rings. The summed E-state index contributed by atoms with van der Waals surface area (Å²) in [7, 11) is -2.49. The molecule has 3 atom stereocenters. The van der Waals surface area contributed by atoms with Gasteiger partial charge in [0.1, 0.15) is 6.17 Å². The molecule has 2 heterocycles. The molecule has 7 heteroatoms. The Bertz CT molecular complexity index is 961. The van der Waals surface area contributed by atoms with Crippen LogP contribution in [-0.2, 0) is 14.8 Å². The number of fused-ring (bicyclic) bond motifs is 3. The molecule has 6 nitrogen and oxygen atoms in total. The van der Waals surface area contributed by atoms with Crippen molar-refractivity contribution in [3.8, 4) is 0 Å². The minimum atomic E-state index is -3.83. The van der Waals surface area contributed by atoms with Crippen LogP contribution in [-0.4, -0.2) is 38.7 Å². The minimum absolute atomic E-state index is 0.0609. The number of ether oxygens (including phenoxy) is 1. The first-order valence-electron chi connectivity index (χ1n) is 9.05. The van der Waals surface area contributed by atoms with Crippen LogP contribution < -0.4 is 4.31 Å². The number of amides is 1. The maximum atomic E-state index is 13.5. The lowest BCUT2D eigenvalue weighted by molar-refractivity contribution is 0.103. The molecule has 0 aromatic heterocycles. The standard InChI is InChI=1S/C20H22N2O4S/c1-3-14-13-17-16-11-7-8-12-18(16)22(19(17)21(14)20(23)26-2)27(24,25)15-9-5-4-6-10-15/h4-12,14,17,19H,3,13H2,1-2H3/t14-,17+,19-/m0/s1. The minimum Gasteiger partial charge on any atom is -0.453 e. The molecule has 0 saturated carbocycles. The van der Waals surface area contributed by atoms with Crippen LogP contribution in [0, 0.1) is 0 Å². The van der Waals surface area contributed by atoms with Crippen molar-refractivity contribution in [3.63, 3.8) is 0 Å². The van der Waals surface area contributed by atoms with E-state index >= 15 is 0 Å². The van der Waals surface area contributed by atoms with Gasteiger partial charge in [0, 0.05) is 12.0 Å². The van der Waals surface area contributed by atoms with Gasteiger partial charge >= 0.3 is 6.09 Å². The number of rotatable bonds is 3. The number of methoxy groups -OCH3 is 1. The van der Waals surface area contributed by atoms with Crippen LogP contribution in [0.3, 0.4) is 0 Å². The quantitative estimate of drug-likeness (QED) is 0.809. The molecule has 2 aliphatic heterocycles. The molecule has 1 amide bonds. The Labute approximate surface area is 159 Å². The summed E-state index contributed by atoms with van der Waals surface area (Å²) in [5, 5.41) is 0. The van der Waals surface area contributed by atoms with E-state index in [2.05, 4.69) is 0 Å². The Morgan fingerprint density at radius 3 is 2.44 bits per heavy atom. The lowest BCUT2D eigenvalue weighted by Gasteiger charge is -2.34. The average Bonchev–Trinajstić information content (AvgIpc) is 3.22. The lowest BCUT2D eigenvalue weighted by atomic mass is 9.96. The first-order chi connectivity index (χ1) is 13.0. The number of carbonyl (C=O) groups excluding carboxylic acids is 1. The van der Waals surface area contributed by atoms with E-state index in [4.69, 9.17) is 4.74 Å². The number of benzene rings is 2. The Hall–Kier alpha value is -2.54. The topological polar surface area (TPSA) is 66.9 Å². The van der Waals surface area contributed by atoms with Gasteiger partial charge in [0.15, 0.2) is 0 Å². The van der Waals surface area contributed by atoms with Crippen LogP contribution in [0.5, 0.6) is 0 Å². The molecule has 2 aliphatic rings. The van der Waals surface area contributed by atoms with E-state index in [1.54, 1.807) is 35.2 Å². The zero-order valence-corrected chi connectivity index (χ0v) is 16.1. The molecule has 0 bridgehead atoms. The monoisotopic (exact) mass is 386 g/mol. The maximum Gasteiger partial charge on any atom is 0.411 e. The van der Waals surface area contributed by atoms with Gasteiger partial charge in [-0.1, -0.05) is 43.3 Å². The fraction of sp³-hybridized carbons (Fsp3) is 0.350. The van der Waals surface area contributed by atoms with E-state index in [0.717, 1.165) is 12.0 Å². The third kappa shape index (κ3) is 2.60. The number of para-hydroxylation sites is 1. The van der Waals surface area contributed by atoms with Crippen LogP contribution in [0.2, 0.25) is 0 Å². The van der Waals surface area contributed by atoms with Crippen LogP contribution in [0.4, 0.5) is 10.5 Å². The number of carbonyl (C=O) groups is 1. The van der Waals surface area contributed by atoms with Gasteiger partial charge in [0.05, 0.1) is 17.7 Å². The van der Waals surface area contributed by atoms with E-state index in [0.29, 0.717) is 12.1 Å². The number of likely N-dealkylation sites (tertiary alicyclic amines) is 1. The van der Waals surface area contributed by atoms with Crippen molar-refractivity contribution in [1.29, 1.82) is 0 Å². The lowest BCUT2D eigenvalue weighted by Crippen LogP contribution is -2.51. The molecule has 0 unspecified atom stereocenters. The summed E-state index contributed by atoms with van der Waals surface area (Å²) in [6.45, 7) is 2.00. The summed E-state index contributed by atoms with van der Waals surface area (Å²) in [6, 6.07) is 15.8. The number of anilines is 1. The highest BCUT2D eigenvalue weighted by Gasteiger charge is 2.55. The van der Waals surface area contributed by atoms with E-state index in [1.165, 1.54) is 11.4 Å². The van der Waals surface area contributed by atoms with Crippen molar-refractivity contribution in [2.75, 3.05) is 11.4 Å². The van der Waals surface area contributed by atoms with E-state index < -0.39 is 22.3 Å². The van der Waals surface area contributed by atoms with Crippen molar-refractivity contribution in [2.24, 2.45) is 0 Å². The Balaban J connectivity index is 1.90. The zero-order valence-electron chi connectivity index (χ0n) is 15.3.